The monoisotopic (exact) mass is 361 g/mol. The number of anilines is 1. The van der Waals surface area contributed by atoms with E-state index in [-0.39, 0.29) is 0 Å². The van der Waals surface area contributed by atoms with Gasteiger partial charge in [-0.2, -0.15) is 0 Å². The van der Waals surface area contributed by atoms with Crippen molar-refractivity contribution in [3.8, 4) is 5.75 Å². The average Bonchev–Trinajstić information content (AvgIpc) is 2.71. The Bertz CT molecular complexity index is 1130. The van der Waals surface area contributed by atoms with Gasteiger partial charge in [0.15, 0.2) is 5.82 Å². The number of fused-ring (bicyclic) bond motifs is 4. The summed E-state index contributed by atoms with van der Waals surface area (Å²) in [5.74, 6) is 1.60. The molecule has 2 aromatic carbocycles. The van der Waals surface area contributed by atoms with E-state index in [4.69, 9.17) is 20.4 Å². The SMILES string of the molecule is COc1ccc2c(ccc3nc4c(C)cnc(NCCCCN)c4nc32)c1. The third-order valence-electron chi connectivity index (χ3n) is 4.77. The lowest BCUT2D eigenvalue weighted by Crippen LogP contribution is -2.08. The van der Waals surface area contributed by atoms with E-state index in [1.165, 1.54) is 0 Å². The van der Waals surface area contributed by atoms with Gasteiger partial charge in [-0.1, -0.05) is 6.07 Å². The van der Waals surface area contributed by atoms with Crippen molar-refractivity contribution in [3.05, 3.63) is 42.1 Å². The number of nitrogens with zero attached hydrogens (tertiary/aromatic N) is 3. The molecule has 2 aromatic heterocycles. The van der Waals surface area contributed by atoms with Crippen LogP contribution in [0.25, 0.3) is 32.8 Å². The first kappa shape index (κ1) is 17.4. The van der Waals surface area contributed by atoms with Gasteiger partial charge in [-0.05, 0) is 61.5 Å². The molecule has 0 unspecified atom stereocenters. The van der Waals surface area contributed by atoms with E-state index in [2.05, 4.69) is 16.4 Å². The Balaban J connectivity index is 1.89. The minimum Gasteiger partial charge on any atom is -0.497 e. The second kappa shape index (κ2) is 7.32. The van der Waals surface area contributed by atoms with Crippen LogP contribution in [-0.4, -0.2) is 35.2 Å². The van der Waals surface area contributed by atoms with Crippen molar-refractivity contribution in [2.75, 3.05) is 25.5 Å². The number of hydrogen-bond donors (Lipinski definition) is 2. The number of hydrogen-bond acceptors (Lipinski definition) is 6. The smallest absolute Gasteiger partial charge is 0.154 e. The van der Waals surface area contributed by atoms with E-state index in [1.807, 2.05) is 37.4 Å². The van der Waals surface area contributed by atoms with Crippen LogP contribution in [0.2, 0.25) is 0 Å². The van der Waals surface area contributed by atoms with Crippen LogP contribution < -0.4 is 15.8 Å². The van der Waals surface area contributed by atoms with Gasteiger partial charge in [0.2, 0.25) is 0 Å². The third-order valence-corrected chi connectivity index (χ3v) is 4.77. The first-order chi connectivity index (χ1) is 13.2. The van der Waals surface area contributed by atoms with E-state index in [1.54, 1.807) is 7.11 Å². The summed E-state index contributed by atoms with van der Waals surface area (Å²) in [6, 6.07) is 10.1. The number of rotatable bonds is 6. The molecule has 6 nitrogen and oxygen atoms in total. The fourth-order valence-electron chi connectivity index (χ4n) is 3.28. The summed E-state index contributed by atoms with van der Waals surface area (Å²) in [5, 5.41) is 5.52. The molecule has 6 heteroatoms. The predicted octanol–water partition coefficient (Wildman–Crippen LogP) is 3.80. The second-order valence-electron chi connectivity index (χ2n) is 6.65. The Morgan fingerprint density at radius 2 is 1.93 bits per heavy atom. The summed E-state index contributed by atoms with van der Waals surface area (Å²) in [7, 11) is 1.67. The van der Waals surface area contributed by atoms with Crippen molar-refractivity contribution >= 4 is 38.7 Å². The molecule has 4 rings (SSSR count). The first-order valence-electron chi connectivity index (χ1n) is 9.19. The van der Waals surface area contributed by atoms with Gasteiger partial charge in [0, 0.05) is 18.1 Å². The number of aromatic nitrogens is 3. The molecule has 0 fully saturated rings. The van der Waals surface area contributed by atoms with Crippen molar-refractivity contribution in [1.29, 1.82) is 0 Å². The maximum atomic E-state index is 5.58. The maximum absolute atomic E-state index is 5.58. The minimum atomic E-state index is 0.698. The summed E-state index contributed by atoms with van der Waals surface area (Å²) >= 11 is 0. The molecule has 4 aromatic rings. The Morgan fingerprint density at radius 1 is 1.04 bits per heavy atom. The van der Waals surface area contributed by atoms with Crippen LogP contribution in [0.1, 0.15) is 18.4 Å². The molecule has 0 saturated heterocycles. The normalized spacial score (nSPS) is 11.4. The lowest BCUT2D eigenvalue weighted by molar-refractivity contribution is 0.415. The van der Waals surface area contributed by atoms with Crippen LogP contribution in [-0.2, 0) is 0 Å². The zero-order valence-electron chi connectivity index (χ0n) is 15.6. The quantitative estimate of drug-likeness (QED) is 0.309. The number of unbranched alkanes of at least 4 members (excludes halogenated alkanes) is 1. The molecule has 138 valence electrons. The Hall–Kier alpha value is -2.99. The average molecular weight is 361 g/mol. The molecule has 0 radical (unpaired) electrons. The molecule has 0 spiro atoms. The third kappa shape index (κ3) is 3.24. The van der Waals surface area contributed by atoms with Crippen LogP contribution in [0.3, 0.4) is 0 Å². The fraction of sp³-hybridized carbons (Fsp3) is 0.286. The van der Waals surface area contributed by atoms with E-state index >= 15 is 0 Å². The zero-order valence-corrected chi connectivity index (χ0v) is 15.6. The zero-order chi connectivity index (χ0) is 18.8. The molecule has 0 atom stereocenters. The molecular weight excluding hydrogens is 338 g/mol. The Labute approximate surface area is 157 Å². The van der Waals surface area contributed by atoms with Gasteiger partial charge < -0.3 is 15.8 Å². The van der Waals surface area contributed by atoms with E-state index in [9.17, 15) is 0 Å². The number of pyridine rings is 1. The summed E-state index contributed by atoms with van der Waals surface area (Å²) in [5.41, 5.74) is 10.0. The molecule has 0 saturated carbocycles. The minimum absolute atomic E-state index is 0.698. The van der Waals surface area contributed by atoms with Crippen molar-refractivity contribution in [3.63, 3.8) is 0 Å². The summed E-state index contributed by atoms with van der Waals surface area (Å²) in [4.78, 5) is 14.4. The lowest BCUT2D eigenvalue weighted by Gasteiger charge is -2.11. The van der Waals surface area contributed by atoms with Crippen LogP contribution in [0, 0.1) is 6.92 Å². The molecular formula is C21H23N5O. The Morgan fingerprint density at radius 3 is 2.74 bits per heavy atom. The van der Waals surface area contributed by atoms with Gasteiger partial charge in [-0.15, -0.1) is 0 Å². The topological polar surface area (TPSA) is 86.0 Å². The van der Waals surface area contributed by atoms with E-state index in [0.717, 1.165) is 69.4 Å². The molecule has 0 amide bonds. The number of nitrogens with one attached hydrogen (secondary N) is 1. The first-order valence-corrected chi connectivity index (χ1v) is 9.19. The standard InChI is InChI=1S/C21H23N5O/c1-13-12-24-21(23-10-4-3-9-22)20-18(13)25-17-8-5-14-11-15(27-2)6-7-16(14)19(17)26-20/h5-8,11-12H,3-4,9-10,22H2,1-2H3,(H,23,24). The van der Waals surface area contributed by atoms with Crippen LogP contribution >= 0.6 is 0 Å². The Kier molecular flexibility index (Phi) is 4.73. The number of nitrogens with two attached hydrogens (primary N) is 1. The number of ether oxygens (including phenoxy) is 1. The summed E-state index contributed by atoms with van der Waals surface area (Å²) in [6.07, 6.45) is 3.83. The second-order valence-corrected chi connectivity index (χ2v) is 6.65. The fourth-order valence-corrected chi connectivity index (χ4v) is 3.28. The number of methoxy groups -OCH3 is 1. The molecule has 3 N–H and O–H groups in total. The highest BCUT2D eigenvalue weighted by atomic mass is 16.5. The van der Waals surface area contributed by atoms with Crippen LogP contribution in [0.4, 0.5) is 5.82 Å². The largest absolute Gasteiger partial charge is 0.497 e. The number of aryl methyl sites for hydroxylation is 1. The van der Waals surface area contributed by atoms with Crippen molar-refractivity contribution in [1.82, 2.24) is 15.0 Å². The van der Waals surface area contributed by atoms with E-state index < -0.39 is 0 Å². The van der Waals surface area contributed by atoms with E-state index in [0.29, 0.717) is 6.54 Å². The molecule has 0 aliphatic rings. The molecule has 0 aliphatic heterocycles. The highest BCUT2D eigenvalue weighted by Crippen LogP contribution is 2.30. The molecule has 0 bridgehead atoms. The van der Waals surface area contributed by atoms with Gasteiger partial charge in [0.1, 0.15) is 11.3 Å². The van der Waals surface area contributed by atoms with Gasteiger partial charge in [0.25, 0.3) is 0 Å². The molecule has 2 heterocycles. The van der Waals surface area contributed by atoms with Gasteiger partial charge in [0.05, 0.1) is 23.7 Å². The summed E-state index contributed by atoms with van der Waals surface area (Å²) in [6.45, 7) is 3.53. The molecule has 0 aliphatic carbocycles. The maximum Gasteiger partial charge on any atom is 0.154 e. The van der Waals surface area contributed by atoms with Crippen molar-refractivity contribution in [2.24, 2.45) is 5.73 Å². The van der Waals surface area contributed by atoms with Gasteiger partial charge in [-0.25, -0.2) is 15.0 Å². The summed E-state index contributed by atoms with van der Waals surface area (Å²) < 4.78 is 5.34. The van der Waals surface area contributed by atoms with Crippen molar-refractivity contribution in [2.45, 2.75) is 19.8 Å². The van der Waals surface area contributed by atoms with Gasteiger partial charge in [-0.3, -0.25) is 0 Å². The molecule has 27 heavy (non-hydrogen) atoms. The highest BCUT2D eigenvalue weighted by molar-refractivity contribution is 6.07. The van der Waals surface area contributed by atoms with Crippen LogP contribution in [0.5, 0.6) is 5.75 Å². The van der Waals surface area contributed by atoms with Crippen molar-refractivity contribution < 1.29 is 4.74 Å². The predicted molar refractivity (Wildman–Crippen MR) is 110 cm³/mol. The van der Waals surface area contributed by atoms with Gasteiger partial charge >= 0.3 is 0 Å². The van der Waals surface area contributed by atoms with Crippen LogP contribution in [0.15, 0.2) is 36.5 Å². The number of benzene rings is 2. The lowest BCUT2D eigenvalue weighted by atomic mass is 10.1. The highest BCUT2D eigenvalue weighted by Gasteiger charge is 2.12.